The predicted molar refractivity (Wildman–Crippen MR) is 74.1 cm³/mol. The van der Waals surface area contributed by atoms with Crippen LogP contribution in [0.1, 0.15) is 53.9 Å². The van der Waals surface area contributed by atoms with E-state index in [1.54, 1.807) is 0 Å². The quantitative estimate of drug-likeness (QED) is 0.436. The van der Waals surface area contributed by atoms with Crippen molar-refractivity contribution in [3.63, 3.8) is 0 Å². The van der Waals surface area contributed by atoms with Crippen LogP contribution in [0.15, 0.2) is 12.2 Å². The van der Waals surface area contributed by atoms with Gasteiger partial charge in [-0.05, 0) is 37.5 Å². The Labute approximate surface area is 97.9 Å². The fourth-order valence-corrected chi connectivity index (χ4v) is 2.35. The molecule has 0 aromatic carbocycles. The summed E-state index contributed by atoms with van der Waals surface area (Å²) in [6, 6.07) is 0. The van der Waals surface area contributed by atoms with E-state index in [9.17, 15) is 0 Å². The second kappa shape index (κ2) is 8.02. The first-order valence-electron chi connectivity index (χ1n) is 6.58. The summed E-state index contributed by atoms with van der Waals surface area (Å²) >= 11 is 0. The van der Waals surface area contributed by atoms with E-state index >= 15 is 0 Å². The number of hydrogen-bond acceptors (Lipinski definition) is 0. The maximum Gasteiger partial charge on any atom is 0.105 e. The molecule has 0 spiro atoms. The van der Waals surface area contributed by atoms with Crippen LogP contribution in [-0.2, 0) is 0 Å². The van der Waals surface area contributed by atoms with Crippen molar-refractivity contribution in [3.8, 4) is 0 Å². The molecule has 0 aromatic heterocycles. The van der Waals surface area contributed by atoms with E-state index in [4.69, 9.17) is 0 Å². The molecular weight excluding hydrogens is 179 g/mol. The summed E-state index contributed by atoms with van der Waals surface area (Å²) in [7, 11) is 2.41. The van der Waals surface area contributed by atoms with Gasteiger partial charge in [0.2, 0.25) is 0 Å². The third-order valence-electron chi connectivity index (χ3n) is 3.36. The highest BCUT2D eigenvalue weighted by molar-refractivity contribution is 6.11. The molecule has 0 saturated carbocycles. The van der Waals surface area contributed by atoms with Crippen LogP contribution >= 0.6 is 0 Å². The first kappa shape index (κ1) is 14.8. The van der Waals surface area contributed by atoms with E-state index in [1.807, 2.05) is 0 Å². The van der Waals surface area contributed by atoms with Gasteiger partial charge in [0.25, 0.3) is 0 Å². The van der Waals surface area contributed by atoms with Gasteiger partial charge < -0.3 is 0 Å². The normalized spacial score (nSPS) is 18.3. The van der Waals surface area contributed by atoms with Crippen LogP contribution in [0.4, 0.5) is 0 Å². The van der Waals surface area contributed by atoms with Crippen LogP contribution < -0.4 is 0 Å². The maximum atomic E-state index is 2.41. The Bertz CT molecular complexity index is 172. The Kier molecular flexibility index (Phi) is 7.91. The molecule has 15 heavy (non-hydrogen) atoms. The first-order chi connectivity index (χ1) is 6.97. The molecular formula is C14H29B. The van der Waals surface area contributed by atoms with E-state index in [0.717, 1.165) is 23.6 Å². The lowest BCUT2D eigenvalue weighted by Gasteiger charge is -2.23. The standard InChI is InChI=1S/C14H29B/c1-6-7-8-13(5)14(15)10-12(4)9-11(2)3/h6-7,11-14H,8-10,15H2,1-5H3/b7-6+. The van der Waals surface area contributed by atoms with Gasteiger partial charge in [0.1, 0.15) is 7.85 Å². The maximum absolute atomic E-state index is 2.41. The number of hydrogen-bond donors (Lipinski definition) is 0. The highest BCUT2D eigenvalue weighted by Crippen LogP contribution is 2.28. The highest BCUT2D eigenvalue weighted by atomic mass is 14.2. The zero-order valence-corrected chi connectivity index (χ0v) is 11.6. The molecule has 0 rings (SSSR count). The number of allylic oxidation sites excluding steroid dienone is 2. The molecule has 0 N–H and O–H groups in total. The molecule has 0 heterocycles. The Balaban J connectivity index is 3.84. The summed E-state index contributed by atoms with van der Waals surface area (Å²) in [6.45, 7) is 11.5. The van der Waals surface area contributed by atoms with Gasteiger partial charge >= 0.3 is 0 Å². The molecule has 0 radical (unpaired) electrons. The summed E-state index contributed by atoms with van der Waals surface area (Å²) in [6.07, 6.45) is 8.47. The van der Waals surface area contributed by atoms with Gasteiger partial charge in [-0.1, -0.05) is 52.1 Å². The molecule has 0 aliphatic heterocycles. The average Bonchev–Trinajstić information content (AvgIpc) is 2.12. The summed E-state index contributed by atoms with van der Waals surface area (Å²) < 4.78 is 0. The molecule has 0 fully saturated rings. The minimum absolute atomic E-state index is 0.829. The monoisotopic (exact) mass is 208 g/mol. The molecule has 3 unspecified atom stereocenters. The summed E-state index contributed by atoms with van der Waals surface area (Å²) in [4.78, 5) is 0. The van der Waals surface area contributed by atoms with Crippen LogP contribution in [-0.4, -0.2) is 7.85 Å². The van der Waals surface area contributed by atoms with E-state index in [0.29, 0.717) is 0 Å². The van der Waals surface area contributed by atoms with Crippen LogP contribution in [0.3, 0.4) is 0 Å². The summed E-state index contributed by atoms with van der Waals surface area (Å²) in [5.74, 6) is 3.41. The SMILES string of the molecule is BC(CC(C)CC(C)C)C(C)C/C=C/C. The lowest BCUT2D eigenvalue weighted by Crippen LogP contribution is -2.11. The Hall–Kier alpha value is -0.195. The number of rotatable bonds is 7. The Morgan fingerprint density at radius 2 is 1.67 bits per heavy atom. The molecule has 3 atom stereocenters. The van der Waals surface area contributed by atoms with Crippen molar-refractivity contribution in [2.45, 2.75) is 59.7 Å². The zero-order valence-electron chi connectivity index (χ0n) is 11.6. The van der Waals surface area contributed by atoms with Gasteiger partial charge in [-0.15, -0.1) is 0 Å². The van der Waals surface area contributed by atoms with E-state index in [1.165, 1.54) is 19.3 Å². The second-order valence-corrected chi connectivity index (χ2v) is 5.73. The van der Waals surface area contributed by atoms with E-state index in [2.05, 4.69) is 54.6 Å². The van der Waals surface area contributed by atoms with E-state index < -0.39 is 0 Å². The van der Waals surface area contributed by atoms with Crippen molar-refractivity contribution in [3.05, 3.63) is 12.2 Å². The van der Waals surface area contributed by atoms with E-state index in [-0.39, 0.29) is 0 Å². The Morgan fingerprint density at radius 1 is 1.07 bits per heavy atom. The molecule has 0 aliphatic carbocycles. The van der Waals surface area contributed by atoms with Crippen molar-refractivity contribution in [1.82, 2.24) is 0 Å². The zero-order chi connectivity index (χ0) is 11.8. The molecule has 88 valence electrons. The highest BCUT2D eigenvalue weighted by Gasteiger charge is 2.15. The fourth-order valence-electron chi connectivity index (χ4n) is 2.35. The summed E-state index contributed by atoms with van der Waals surface area (Å²) in [5.41, 5.74) is 0. The smallest absolute Gasteiger partial charge is 0.0917 e. The fraction of sp³-hybridized carbons (Fsp3) is 0.857. The molecule has 0 amide bonds. The van der Waals surface area contributed by atoms with Crippen LogP contribution in [0.5, 0.6) is 0 Å². The lowest BCUT2D eigenvalue weighted by molar-refractivity contribution is 0.373. The van der Waals surface area contributed by atoms with Crippen LogP contribution in [0.25, 0.3) is 0 Å². The molecule has 0 bridgehead atoms. The Morgan fingerprint density at radius 3 is 2.13 bits per heavy atom. The van der Waals surface area contributed by atoms with Gasteiger partial charge in [-0.2, -0.15) is 0 Å². The van der Waals surface area contributed by atoms with Crippen molar-refractivity contribution in [1.29, 1.82) is 0 Å². The first-order valence-corrected chi connectivity index (χ1v) is 6.58. The lowest BCUT2D eigenvalue weighted by atomic mass is 9.70. The predicted octanol–water partition coefficient (Wildman–Crippen LogP) is 4.08. The van der Waals surface area contributed by atoms with Gasteiger partial charge in [0.15, 0.2) is 0 Å². The minimum atomic E-state index is 0.829. The average molecular weight is 208 g/mol. The minimum Gasteiger partial charge on any atom is -0.0917 e. The molecule has 1 heteroatoms. The van der Waals surface area contributed by atoms with Crippen molar-refractivity contribution >= 4 is 7.85 Å². The van der Waals surface area contributed by atoms with Crippen molar-refractivity contribution in [2.75, 3.05) is 0 Å². The van der Waals surface area contributed by atoms with Gasteiger partial charge in [-0.3, -0.25) is 0 Å². The molecule has 0 aromatic rings. The molecule has 0 saturated heterocycles. The largest absolute Gasteiger partial charge is 0.105 e. The van der Waals surface area contributed by atoms with Crippen LogP contribution in [0.2, 0.25) is 5.82 Å². The second-order valence-electron chi connectivity index (χ2n) is 5.73. The van der Waals surface area contributed by atoms with Crippen molar-refractivity contribution < 1.29 is 0 Å². The molecule has 0 aliphatic rings. The van der Waals surface area contributed by atoms with Crippen molar-refractivity contribution in [2.24, 2.45) is 17.8 Å². The van der Waals surface area contributed by atoms with Crippen LogP contribution in [0, 0.1) is 17.8 Å². The topological polar surface area (TPSA) is 0 Å². The molecule has 0 nitrogen and oxygen atoms in total. The summed E-state index contributed by atoms with van der Waals surface area (Å²) in [5, 5.41) is 0. The van der Waals surface area contributed by atoms with Gasteiger partial charge in [0, 0.05) is 0 Å². The third-order valence-corrected chi connectivity index (χ3v) is 3.36. The third kappa shape index (κ3) is 7.70. The van der Waals surface area contributed by atoms with Gasteiger partial charge in [-0.25, -0.2) is 0 Å². The van der Waals surface area contributed by atoms with Gasteiger partial charge in [0.05, 0.1) is 0 Å².